The molecule has 0 saturated carbocycles. The number of anilines is 1. The Morgan fingerprint density at radius 2 is 1.62 bits per heavy atom. The molecule has 1 fully saturated rings. The summed E-state index contributed by atoms with van der Waals surface area (Å²) in [5, 5.41) is 11.2. The number of carbonyl (C=O) groups is 2. The molecule has 158 valence electrons. The standard InChI is InChI=1S/C24H14F2N2O3S/c25-15-8-6-14(7-9-15)21(29)19-20(13-4-2-1-3-5-13)28(23(31)22(19)30)24-27-17-11-10-16(26)12-18(17)32-24/h1-12,20,29H. The minimum atomic E-state index is -0.952. The number of Topliss-reactive ketones (excluding diaryl/α,β-unsaturated/α-hetero) is 1. The lowest BCUT2D eigenvalue weighted by atomic mass is 9.95. The van der Waals surface area contributed by atoms with Crippen molar-refractivity contribution in [2.75, 3.05) is 4.90 Å². The van der Waals surface area contributed by atoms with E-state index in [0.717, 1.165) is 23.5 Å². The van der Waals surface area contributed by atoms with E-state index < -0.39 is 35.1 Å². The van der Waals surface area contributed by atoms with E-state index in [1.807, 2.05) is 0 Å². The van der Waals surface area contributed by atoms with Gasteiger partial charge < -0.3 is 5.11 Å². The van der Waals surface area contributed by atoms with Crippen LogP contribution in [0.4, 0.5) is 13.9 Å². The Balaban J connectivity index is 1.72. The maximum atomic E-state index is 13.7. The van der Waals surface area contributed by atoms with Crippen molar-refractivity contribution in [2.24, 2.45) is 0 Å². The number of aliphatic hydroxyl groups is 1. The van der Waals surface area contributed by atoms with E-state index in [-0.39, 0.29) is 16.3 Å². The third-order valence-corrected chi connectivity index (χ3v) is 6.24. The average Bonchev–Trinajstić information content (AvgIpc) is 3.32. The molecule has 0 radical (unpaired) electrons. The molecule has 1 aliphatic heterocycles. The summed E-state index contributed by atoms with van der Waals surface area (Å²) >= 11 is 1.07. The van der Waals surface area contributed by atoms with Crippen LogP contribution in [0.25, 0.3) is 16.0 Å². The summed E-state index contributed by atoms with van der Waals surface area (Å²) in [5.41, 5.74) is 1.15. The SMILES string of the molecule is O=C1C(=O)N(c2nc3ccc(F)cc3s2)C(c2ccccc2)C1=C(O)c1ccc(F)cc1. The number of rotatable bonds is 3. The predicted molar refractivity (Wildman–Crippen MR) is 117 cm³/mol. The highest BCUT2D eigenvalue weighted by molar-refractivity contribution is 7.22. The number of hydrogen-bond acceptors (Lipinski definition) is 5. The van der Waals surface area contributed by atoms with Gasteiger partial charge >= 0.3 is 5.91 Å². The highest BCUT2D eigenvalue weighted by atomic mass is 32.1. The normalized spacial score (nSPS) is 17.9. The second-order valence-corrected chi connectivity index (χ2v) is 8.20. The number of thiazole rings is 1. The largest absolute Gasteiger partial charge is 0.507 e. The van der Waals surface area contributed by atoms with Crippen LogP contribution in [0.2, 0.25) is 0 Å². The van der Waals surface area contributed by atoms with Gasteiger partial charge in [0, 0.05) is 5.56 Å². The first-order chi connectivity index (χ1) is 15.4. The molecule has 2 heterocycles. The Kier molecular flexibility index (Phi) is 4.79. The zero-order valence-electron chi connectivity index (χ0n) is 16.3. The number of aliphatic hydroxyl groups excluding tert-OH is 1. The zero-order chi connectivity index (χ0) is 22.4. The first kappa shape index (κ1) is 20.0. The van der Waals surface area contributed by atoms with Crippen molar-refractivity contribution in [1.82, 2.24) is 4.98 Å². The van der Waals surface area contributed by atoms with Crippen molar-refractivity contribution in [3.05, 3.63) is 101 Å². The summed E-state index contributed by atoms with van der Waals surface area (Å²) < 4.78 is 27.5. The van der Waals surface area contributed by atoms with Gasteiger partial charge in [-0.1, -0.05) is 41.7 Å². The Morgan fingerprint density at radius 3 is 2.34 bits per heavy atom. The molecule has 1 N–H and O–H groups in total. The second kappa shape index (κ2) is 7.65. The Bertz CT molecular complexity index is 1400. The minimum Gasteiger partial charge on any atom is -0.507 e. The second-order valence-electron chi connectivity index (χ2n) is 7.20. The van der Waals surface area contributed by atoms with Crippen LogP contribution in [-0.2, 0) is 9.59 Å². The maximum absolute atomic E-state index is 13.7. The molecular weight excluding hydrogens is 434 g/mol. The molecule has 0 spiro atoms. The monoisotopic (exact) mass is 448 g/mol. The van der Waals surface area contributed by atoms with Gasteiger partial charge in [-0.3, -0.25) is 14.5 Å². The van der Waals surface area contributed by atoms with Crippen LogP contribution in [0.3, 0.4) is 0 Å². The first-order valence-electron chi connectivity index (χ1n) is 9.62. The molecule has 1 amide bonds. The number of aromatic nitrogens is 1. The molecule has 5 rings (SSSR count). The number of halogens is 2. The fourth-order valence-corrected chi connectivity index (χ4v) is 4.75. The average molecular weight is 448 g/mol. The smallest absolute Gasteiger partial charge is 0.301 e. The zero-order valence-corrected chi connectivity index (χ0v) is 17.1. The van der Waals surface area contributed by atoms with Gasteiger partial charge in [-0.25, -0.2) is 13.8 Å². The van der Waals surface area contributed by atoms with Crippen molar-refractivity contribution in [2.45, 2.75) is 6.04 Å². The summed E-state index contributed by atoms with van der Waals surface area (Å²) in [5.74, 6) is -3.09. The molecule has 3 aromatic carbocycles. The molecule has 0 bridgehead atoms. The van der Waals surface area contributed by atoms with Crippen molar-refractivity contribution < 1.29 is 23.5 Å². The molecule has 1 atom stereocenters. The minimum absolute atomic E-state index is 0.127. The molecule has 32 heavy (non-hydrogen) atoms. The van der Waals surface area contributed by atoms with Gasteiger partial charge in [-0.2, -0.15) is 0 Å². The van der Waals surface area contributed by atoms with Gasteiger partial charge in [0.1, 0.15) is 17.4 Å². The van der Waals surface area contributed by atoms with Gasteiger partial charge in [0.05, 0.1) is 21.8 Å². The Hall–Kier alpha value is -3.91. The summed E-state index contributed by atoms with van der Waals surface area (Å²) in [4.78, 5) is 31.8. The van der Waals surface area contributed by atoms with Crippen LogP contribution < -0.4 is 4.90 Å². The summed E-state index contributed by atoms with van der Waals surface area (Å²) in [6, 6.07) is 16.9. The molecule has 1 unspecified atom stereocenters. The van der Waals surface area contributed by atoms with Crippen LogP contribution in [0, 0.1) is 11.6 Å². The molecule has 1 aromatic heterocycles. The number of amides is 1. The molecule has 0 aliphatic carbocycles. The number of benzene rings is 3. The summed E-state index contributed by atoms with van der Waals surface area (Å²) in [7, 11) is 0. The fourth-order valence-electron chi connectivity index (χ4n) is 3.73. The molecule has 1 saturated heterocycles. The Labute approximate surface area is 184 Å². The van der Waals surface area contributed by atoms with Crippen LogP contribution in [0.5, 0.6) is 0 Å². The lowest BCUT2D eigenvalue weighted by molar-refractivity contribution is -0.132. The van der Waals surface area contributed by atoms with E-state index in [4.69, 9.17) is 0 Å². The molecule has 5 nitrogen and oxygen atoms in total. The van der Waals surface area contributed by atoms with Gasteiger partial charge in [0.25, 0.3) is 5.78 Å². The van der Waals surface area contributed by atoms with Gasteiger partial charge in [0.2, 0.25) is 0 Å². The van der Waals surface area contributed by atoms with Crippen LogP contribution >= 0.6 is 11.3 Å². The van der Waals surface area contributed by atoms with Gasteiger partial charge in [-0.15, -0.1) is 0 Å². The van der Waals surface area contributed by atoms with Crippen molar-refractivity contribution in [3.8, 4) is 0 Å². The highest BCUT2D eigenvalue weighted by Gasteiger charge is 2.48. The lowest BCUT2D eigenvalue weighted by Gasteiger charge is -2.22. The summed E-state index contributed by atoms with van der Waals surface area (Å²) in [6.07, 6.45) is 0. The van der Waals surface area contributed by atoms with Crippen molar-refractivity contribution in [1.29, 1.82) is 0 Å². The predicted octanol–water partition coefficient (Wildman–Crippen LogP) is 5.20. The van der Waals surface area contributed by atoms with E-state index in [1.165, 1.54) is 35.2 Å². The topological polar surface area (TPSA) is 70.5 Å². The van der Waals surface area contributed by atoms with Crippen molar-refractivity contribution in [3.63, 3.8) is 0 Å². The highest BCUT2D eigenvalue weighted by Crippen LogP contribution is 2.44. The maximum Gasteiger partial charge on any atom is 0.301 e. The van der Waals surface area contributed by atoms with Crippen LogP contribution in [0.15, 0.2) is 78.4 Å². The Morgan fingerprint density at radius 1 is 0.938 bits per heavy atom. The molecule has 1 aliphatic rings. The molecular formula is C24H14F2N2O3S. The van der Waals surface area contributed by atoms with E-state index in [9.17, 15) is 23.5 Å². The molecule has 4 aromatic rings. The number of ketones is 1. The van der Waals surface area contributed by atoms with E-state index >= 15 is 0 Å². The van der Waals surface area contributed by atoms with E-state index in [2.05, 4.69) is 4.98 Å². The van der Waals surface area contributed by atoms with E-state index in [1.54, 1.807) is 30.3 Å². The number of nitrogens with zero attached hydrogens (tertiary/aromatic N) is 2. The van der Waals surface area contributed by atoms with Gasteiger partial charge in [0.15, 0.2) is 5.13 Å². The third-order valence-electron chi connectivity index (χ3n) is 5.22. The van der Waals surface area contributed by atoms with Crippen LogP contribution in [-0.4, -0.2) is 21.8 Å². The number of hydrogen-bond donors (Lipinski definition) is 1. The van der Waals surface area contributed by atoms with Crippen molar-refractivity contribution >= 4 is 44.1 Å². The van der Waals surface area contributed by atoms with Crippen LogP contribution in [0.1, 0.15) is 17.2 Å². The first-order valence-corrected chi connectivity index (χ1v) is 10.4. The third kappa shape index (κ3) is 3.25. The number of fused-ring (bicyclic) bond motifs is 1. The number of carbonyl (C=O) groups excluding carboxylic acids is 2. The summed E-state index contributed by atoms with van der Waals surface area (Å²) in [6.45, 7) is 0. The molecule has 8 heteroatoms. The quantitative estimate of drug-likeness (QED) is 0.266. The lowest BCUT2D eigenvalue weighted by Crippen LogP contribution is -2.29. The van der Waals surface area contributed by atoms with Gasteiger partial charge in [-0.05, 0) is 48.0 Å². The van der Waals surface area contributed by atoms with E-state index in [0.29, 0.717) is 15.8 Å². The fraction of sp³-hybridized carbons (Fsp3) is 0.0417.